The second-order valence-electron chi connectivity index (χ2n) is 7.73. The Morgan fingerprint density at radius 2 is 1.81 bits per heavy atom. The number of aromatic nitrogens is 2. The molecule has 1 N–H and O–H groups in total. The number of rotatable bonds is 1. The van der Waals surface area contributed by atoms with Gasteiger partial charge in [-0.25, -0.2) is 9.78 Å². The van der Waals surface area contributed by atoms with Gasteiger partial charge in [-0.2, -0.15) is 0 Å². The summed E-state index contributed by atoms with van der Waals surface area (Å²) in [5.41, 5.74) is -0.0768. The molecule has 1 saturated heterocycles. The van der Waals surface area contributed by atoms with Crippen LogP contribution in [0.5, 0.6) is 0 Å². The van der Waals surface area contributed by atoms with Gasteiger partial charge in [-0.3, -0.25) is 9.59 Å². The van der Waals surface area contributed by atoms with Gasteiger partial charge in [0, 0.05) is 38.8 Å². The van der Waals surface area contributed by atoms with Crippen LogP contribution in [-0.4, -0.2) is 75.1 Å². The predicted molar refractivity (Wildman–Crippen MR) is 92.9 cm³/mol. The van der Waals surface area contributed by atoms with E-state index >= 15 is 0 Å². The number of carbonyl (C=O) groups is 3. The molecule has 1 aromatic heterocycles. The molecular weight excluding hydrogens is 338 g/mol. The molecule has 1 aromatic rings. The average molecular weight is 363 g/mol. The molecule has 9 heteroatoms. The van der Waals surface area contributed by atoms with E-state index in [1.54, 1.807) is 14.4 Å². The number of piperazine rings is 1. The molecule has 3 rings (SSSR count). The van der Waals surface area contributed by atoms with Gasteiger partial charge in [0.25, 0.3) is 11.8 Å². The fraction of sp³-hybridized carbons (Fsp3) is 0.647. The summed E-state index contributed by atoms with van der Waals surface area (Å²) in [6, 6.07) is 0.00419. The summed E-state index contributed by atoms with van der Waals surface area (Å²) in [5.74, 6) is -0.565. The van der Waals surface area contributed by atoms with Gasteiger partial charge in [0.2, 0.25) is 0 Å². The summed E-state index contributed by atoms with van der Waals surface area (Å²) in [6.45, 7) is 9.48. The van der Waals surface area contributed by atoms with Crippen LogP contribution >= 0.6 is 0 Å². The lowest BCUT2D eigenvalue weighted by Gasteiger charge is -2.35. The van der Waals surface area contributed by atoms with Gasteiger partial charge < -0.3 is 24.4 Å². The first-order chi connectivity index (χ1) is 12.2. The van der Waals surface area contributed by atoms with E-state index in [-0.39, 0.29) is 29.6 Å². The van der Waals surface area contributed by atoms with Gasteiger partial charge in [-0.05, 0) is 27.7 Å². The summed E-state index contributed by atoms with van der Waals surface area (Å²) in [5, 5.41) is 2.82. The number of amides is 3. The highest BCUT2D eigenvalue weighted by Gasteiger charge is 2.33. The van der Waals surface area contributed by atoms with Crippen molar-refractivity contribution in [1.82, 2.24) is 24.7 Å². The molecule has 2 aliphatic heterocycles. The number of hydrogen-bond donors (Lipinski definition) is 1. The van der Waals surface area contributed by atoms with Crippen LogP contribution in [0.3, 0.4) is 0 Å². The van der Waals surface area contributed by atoms with Crippen molar-refractivity contribution < 1.29 is 19.1 Å². The zero-order valence-electron chi connectivity index (χ0n) is 15.6. The Bertz CT molecular complexity index is 728. The number of fused-ring (bicyclic) bond motifs is 1. The van der Waals surface area contributed by atoms with E-state index in [1.165, 1.54) is 6.33 Å². The Morgan fingerprint density at radius 3 is 2.42 bits per heavy atom. The molecule has 0 radical (unpaired) electrons. The molecule has 9 nitrogen and oxygen atoms in total. The Kier molecular flexibility index (Phi) is 4.64. The predicted octanol–water partition coefficient (Wildman–Crippen LogP) is 0.708. The van der Waals surface area contributed by atoms with E-state index in [0.29, 0.717) is 38.4 Å². The van der Waals surface area contributed by atoms with E-state index < -0.39 is 5.60 Å². The quantitative estimate of drug-likeness (QED) is 0.793. The lowest BCUT2D eigenvalue weighted by atomic mass is 10.2. The van der Waals surface area contributed by atoms with E-state index in [1.807, 2.05) is 27.7 Å². The molecule has 0 bridgehead atoms. The first-order valence-corrected chi connectivity index (χ1v) is 8.79. The van der Waals surface area contributed by atoms with Crippen LogP contribution < -0.4 is 5.32 Å². The molecule has 0 aromatic carbocycles. The molecule has 3 amide bonds. The topological polar surface area (TPSA) is 96.8 Å². The maximum atomic E-state index is 12.8. The van der Waals surface area contributed by atoms with Crippen LogP contribution in [0.25, 0.3) is 0 Å². The maximum Gasteiger partial charge on any atom is 0.410 e. The molecular formula is C17H25N5O4. The van der Waals surface area contributed by atoms with Crippen LogP contribution in [0, 0.1) is 0 Å². The third-order valence-corrected chi connectivity index (χ3v) is 4.32. The maximum absolute atomic E-state index is 12.8. The second-order valence-corrected chi connectivity index (χ2v) is 7.73. The zero-order chi connectivity index (χ0) is 19.1. The highest BCUT2D eigenvalue weighted by molar-refractivity contribution is 6.05. The number of nitrogens with one attached hydrogen (secondary N) is 1. The monoisotopic (exact) mass is 363 g/mol. The van der Waals surface area contributed by atoms with Crippen LogP contribution in [0.1, 0.15) is 48.7 Å². The lowest BCUT2D eigenvalue weighted by Crippen LogP contribution is -2.52. The van der Waals surface area contributed by atoms with Gasteiger partial charge in [0.15, 0.2) is 5.69 Å². The molecule has 142 valence electrons. The van der Waals surface area contributed by atoms with Crippen LogP contribution in [0.15, 0.2) is 6.33 Å². The van der Waals surface area contributed by atoms with Gasteiger partial charge in [0.1, 0.15) is 11.3 Å². The van der Waals surface area contributed by atoms with Crippen molar-refractivity contribution in [2.24, 2.45) is 0 Å². The number of nitrogens with zero attached hydrogens (tertiary/aromatic N) is 4. The Morgan fingerprint density at radius 1 is 1.19 bits per heavy atom. The molecule has 0 saturated carbocycles. The summed E-state index contributed by atoms with van der Waals surface area (Å²) >= 11 is 0. The lowest BCUT2D eigenvalue weighted by molar-refractivity contribution is 0.0140. The summed E-state index contributed by atoms with van der Waals surface area (Å²) in [6.07, 6.45) is 1.16. The third-order valence-electron chi connectivity index (χ3n) is 4.32. The van der Waals surface area contributed by atoms with Crippen molar-refractivity contribution in [3.8, 4) is 0 Å². The van der Waals surface area contributed by atoms with Crippen LogP contribution in [0.4, 0.5) is 4.79 Å². The SMILES string of the molecule is C[C@H]1Cn2cnc(C(=O)N3CCN(C(=O)OC(C)(C)C)CC3)c2C(=O)N1. The number of ether oxygens (including phenoxy) is 1. The molecule has 2 aliphatic rings. The summed E-state index contributed by atoms with van der Waals surface area (Å²) in [4.78, 5) is 44.5. The fourth-order valence-corrected chi connectivity index (χ4v) is 3.12. The molecule has 1 fully saturated rings. The fourth-order valence-electron chi connectivity index (χ4n) is 3.12. The van der Waals surface area contributed by atoms with Crippen molar-refractivity contribution in [3.63, 3.8) is 0 Å². The Balaban J connectivity index is 1.65. The molecule has 0 unspecified atom stereocenters. The van der Waals surface area contributed by atoms with Crippen molar-refractivity contribution >= 4 is 17.9 Å². The highest BCUT2D eigenvalue weighted by atomic mass is 16.6. The van der Waals surface area contributed by atoms with Gasteiger partial charge in [-0.1, -0.05) is 0 Å². The first kappa shape index (κ1) is 18.2. The summed E-state index contributed by atoms with van der Waals surface area (Å²) in [7, 11) is 0. The summed E-state index contributed by atoms with van der Waals surface area (Å²) < 4.78 is 7.07. The molecule has 1 atom stereocenters. The molecule has 0 spiro atoms. The van der Waals surface area contributed by atoms with E-state index in [4.69, 9.17) is 4.74 Å². The highest BCUT2D eigenvalue weighted by Crippen LogP contribution is 2.17. The normalized spacial score (nSPS) is 20.5. The molecule has 26 heavy (non-hydrogen) atoms. The number of carbonyl (C=O) groups excluding carboxylic acids is 3. The minimum absolute atomic E-state index is 0.00419. The van der Waals surface area contributed by atoms with E-state index in [0.717, 1.165) is 0 Å². The van der Waals surface area contributed by atoms with Crippen molar-refractivity contribution in [2.75, 3.05) is 26.2 Å². The van der Waals surface area contributed by atoms with Crippen molar-refractivity contribution in [2.45, 2.75) is 45.9 Å². The average Bonchev–Trinajstić information content (AvgIpc) is 2.96. The third kappa shape index (κ3) is 3.66. The van der Waals surface area contributed by atoms with Gasteiger partial charge >= 0.3 is 6.09 Å². The minimum atomic E-state index is -0.552. The first-order valence-electron chi connectivity index (χ1n) is 8.79. The standard InChI is InChI=1S/C17H25N5O4/c1-11-9-22-10-18-12(13(22)14(23)19-11)15(24)20-5-7-21(8-6-20)16(25)26-17(2,3)4/h10-11H,5-9H2,1-4H3,(H,19,23)/t11-/m0/s1. The number of hydrogen-bond acceptors (Lipinski definition) is 5. The van der Waals surface area contributed by atoms with Crippen LogP contribution in [0.2, 0.25) is 0 Å². The Hall–Kier alpha value is -2.58. The zero-order valence-corrected chi connectivity index (χ0v) is 15.6. The largest absolute Gasteiger partial charge is 0.444 e. The second kappa shape index (κ2) is 6.62. The van der Waals surface area contributed by atoms with E-state index in [2.05, 4.69) is 10.3 Å². The molecule has 3 heterocycles. The Labute approximate surface area is 152 Å². The smallest absolute Gasteiger partial charge is 0.410 e. The van der Waals surface area contributed by atoms with E-state index in [9.17, 15) is 14.4 Å². The number of imidazole rings is 1. The van der Waals surface area contributed by atoms with Crippen molar-refractivity contribution in [1.29, 1.82) is 0 Å². The minimum Gasteiger partial charge on any atom is -0.444 e. The van der Waals surface area contributed by atoms with Gasteiger partial charge in [-0.15, -0.1) is 0 Å². The van der Waals surface area contributed by atoms with Crippen molar-refractivity contribution in [3.05, 3.63) is 17.7 Å². The van der Waals surface area contributed by atoms with Crippen LogP contribution in [-0.2, 0) is 11.3 Å². The molecule has 0 aliphatic carbocycles. The van der Waals surface area contributed by atoms with Gasteiger partial charge in [0.05, 0.1) is 6.33 Å².